The molecule has 5 heteroatoms. The van der Waals surface area contributed by atoms with Crippen LogP contribution in [-0.4, -0.2) is 30.4 Å². The third-order valence-electron chi connectivity index (χ3n) is 6.26. The summed E-state index contributed by atoms with van der Waals surface area (Å²) in [5, 5.41) is 1.02. The smallest absolute Gasteiger partial charge is 0.268 e. The number of rotatable bonds is 7. The number of benzene rings is 2. The van der Waals surface area contributed by atoms with E-state index >= 15 is 0 Å². The Labute approximate surface area is 185 Å². The predicted molar refractivity (Wildman–Crippen MR) is 128 cm³/mol. The van der Waals surface area contributed by atoms with Gasteiger partial charge in [0, 0.05) is 18.5 Å². The molecule has 4 rings (SSSR count). The highest BCUT2D eigenvalue weighted by Gasteiger charge is 2.36. The van der Waals surface area contributed by atoms with E-state index in [0.717, 1.165) is 59.2 Å². The van der Waals surface area contributed by atoms with Crippen LogP contribution in [0.4, 0.5) is 0 Å². The molecule has 4 nitrogen and oxygen atoms in total. The lowest BCUT2D eigenvalue weighted by molar-refractivity contribution is 0.197. The van der Waals surface area contributed by atoms with Crippen molar-refractivity contribution in [2.45, 2.75) is 44.0 Å². The van der Waals surface area contributed by atoms with Crippen molar-refractivity contribution < 1.29 is 8.42 Å². The molecule has 1 aliphatic rings. The average molecular weight is 435 g/mol. The normalized spacial score (nSPS) is 16.9. The minimum absolute atomic E-state index is 0.0582. The number of aromatic nitrogens is 1. The summed E-state index contributed by atoms with van der Waals surface area (Å²) in [6.45, 7) is 13.9. The molecule has 0 bridgehead atoms. The molecule has 1 unspecified atom stereocenters. The molecular formula is C26H30N2O2S. The van der Waals surface area contributed by atoms with E-state index in [4.69, 9.17) is 0 Å². The molecule has 1 atom stereocenters. The zero-order chi connectivity index (χ0) is 22.2. The number of hydrogen-bond donors (Lipinski definition) is 0. The quantitative estimate of drug-likeness (QED) is 0.453. The third-order valence-corrected chi connectivity index (χ3v) is 8.00. The molecule has 31 heavy (non-hydrogen) atoms. The van der Waals surface area contributed by atoms with Crippen LogP contribution in [0.2, 0.25) is 0 Å². The first-order chi connectivity index (χ1) is 14.9. The summed E-state index contributed by atoms with van der Waals surface area (Å²) >= 11 is 0. The largest absolute Gasteiger partial charge is 0.290 e. The van der Waals surface area contributed by atoms with Crippen molar-refractivity contribution in [1.29, 1.82) is 0 Å². The molecule has 0 spiro atoms. The van der Waals surface area contributed by atoms with E-state index in [2.05, 4.69) is 25.0 Å². The van der Waals surface area contributed by atoms with Crippen molar-refractivity contribution >= 4 is 20.9 Å². The van der Waals surface area contributed by atoms with Crippen molar-refractivity contribution in [3.05, 3.63) is 90.2 Å². The Hall–Kier alpha value is -2.63. The summed E-state index contributed by atoms with van der Waals surface area (Å²) in [6.07, 6.45) is 4.30. The summed E-state index contributed by atoms with van der Waals surface area (Å²) in [5.74, 6) is 0. The first kappa shape index (κ1) is 21.6. The molecule has 0 saturated carbocycles. The van der Waals surface area contributed by atoms with E-state index in [1.54, 1.807) is 16.1 Å². The van der Waals surface area contributed by atoms with Crippen molar-refractivity contribution in [3.8, 4) is 0 Å². The summed E-state index contributed by atoms with van der Waals surface area (Å²) in [7, 11) is -3.76. The summed E-state index contributed by atoms with van der Waals surface area (Å²) in [6, 6.07) is 14.9. The Morgan fingerprint density at radius 2 is 1.87 bits per heavy atom. The Morgan fingerprint density at radius 3 is 2.55 bits per heavy atom. The van der Waals surface area contributed by atoms with Crippen LogP contribution in [0.5, 0.6) is 0 Å². The van der Waals surface area contributed by atoms with Crippen molar-refractivity contribution in [2.75, 3.05) is 13.1 Å². The number of hydrogen-bond acceptors (Lipinski definition) is 3. The molecule has 162 valence electrons. The average Bonchev–Trinajstić information content (AvgIpc) is 3.11. The molecule has 3 aromatic rings. The van der Waals surface area contributed by atoms with Gasteiger partial charge in [-0.25, -0.2) is 12.4 Å². The van der Waals surface area contributed by atoms with Gasteiger partial charge in [0.25, 0.3) is 10.0 Å². The van der Waals surface area contributed by atoms with Crippen LogP contribution in [0.25, 0.3) is 10.9 Å². The van der Waals surface area contributed by atoms with Crippen LogP contribution in [0.15, 0.2) is 78.2 Å². The van der Waals surface area contributed by atoms with Gasteiger partial charge in [-0.3, -0.25) is 4.90 Å². The minimum Gasteiger partial charge on any atom is -0.290 e. The highest BCUT2D eigenvalue weighted by Crippen LogP contribution is 2.41. The van der Waals surface area contributed by atoms with Crippen LogP contribution in [0.3, 0.4) is 0 Å². The maximum absolute atomic E-state index is 13.9. The second-order valence-electron chi connectivity index (χ2n) is 8.33. The van der Waals surface area contributed by atoms with Crippen LogP contribution < -0.4 is 0 Å². The van der Waals surface area contributed by atoms with E-state index in [9.17, 15) is 8.42 Å². The van der Waals surface area contributed by atoms with Gasteiger partial charge in [-0.1, -0.05) is 61.0 Å². The van der Waals surface area contributed by atoms with Crippen LogP contribution in [0.1, 0.15) is 42.6 Å². The van der Waals surface area contributed by atoms with Gasteiger partial charge in [0.05, 0.1) is 22.1 Å². The topological polar surface area (TPSA) is 42.3 Å². The van der Waals surface area contributed by atoms with E-state index < -0.39 is 10.0 Å². The van der Waals surface area contributed by atoms with Gasteiger partial charge in [0.1, 0.15) is 0 Å². The lowest BCUT2D eigenvalue weighted by Gasteiger charge is -2.37. The second kappa shape index (κ2) is 8.48. The summed E-state index contributed by atoms with van der Waals surface area (Å²) < 4.78 is 29.5. The second-order valence-corrected chi connectivity index (χ2v) is 10.1. The van der Waals surface area contributed by atoms with Crippen LogP contribution >= 0.6 is 0 Å². The Morgan fingerprint density at radius 1 is 1.16 bits per heavy atom. The predicted octanol–water partition coefficient (Wildman–Crippen LogP) is 5.63. The number of nitrogens with zero attached hydrogens (tertiary/aromatic N) is 2. The Kier molecular flexibility index (Phi) is 5.91. The fourth-order valence-corrected chi connectivity index (χ4v) is 6.16. The van der Waals surface area contributed by atoms with E-state index in [1.807, 2.05) is 49.4 Å². The zero-order valence-corrected chi connectivity index (χ0v) is 19.2. The molecule has 0 N–H and O–H groups in total. The first-order valence-corrected chi connectivity index (χ1v) is 12.3. The van der Waals surface area contributed by atoms with Crippen molar-refractivity contribution in [3.63, 3.8) is 0 Å². The molecule has 1 aliphatic heterocycles. The number of fused-ring (bicyclic) bond motifs is 3. The van der Waals surface area contributed by atoms with Crippen LogP contribution in [0, 0.1) is 6.92 Å². The number of para-hydroxylation sites is 1. The minimum atomic E-state index is -3.76. The number of aryl methyl sites for hydroxylation is 1. The van der Waals surface area contributed by atoms with Gasteiger partial charge in [0.15, 0.2) is 0 Å². The molecule has 2 aromatic carbocycles. The molecular weight excluding hydrogens is 404 g/mol. The molecule has 0 fully saturated rings. The van der Waals surface area contributed by atoms with Crippen LogP contribution in [-0.2, 0) is 16.4 Å². The summed E-state index contributed by atoms with van der Waals surface area (Å²) in [4.78, 5) is 2.67. The lowest BCUT2D eigenvalue weighted by Crippen LogP contribution is -2.38. The van der Waals surface area contributed by atoms with Crippen molar-refractivity contribution in [1.82, 2.24) is 8.87 Å². The van der Waals surface area contributed by atoms with Gasteiger partial charge in [-0.15, -0.1) is 6.58 Å². The molecule has 1 aromatic heterocycles. The van der Waals surface area contributed by atoms with Gasteiger partial charge < -0.3 is 0 Å². The molecule has 2 heterocycles. The highest BCUT2D eigenvalue weighted by atomic mass is 32.2. The maximum Gasteiger partial charge on any atom is 0.268 e. The van der Waals surface area contributed by atoms with Gasteiger partial charge in [-0.05, 0) is 49.9 Å². The van der Waals surface area contributed by atoms with E-state index in [1.165, 1.54) is 0 Å². The van der Waals surface area contributed by atoms with Gasteiger partial charge in [0.2, 0.25) is 0 Å². The Balaban J connectivity index is 1.98. The molecule has 0 aliphatic carbocycles. The molecule has 0 amide bonds. The monoisotopic (exact) mass is 434 g/mol. The zero-order valence-electron chi connectivity index (χ0n) is 18.3. The van der Waals surface area contributed by atoms with E-state index in [0.29, 0.717) is 11.3 Å². The third kappa shape index (κ3) is 3.77. The standard InChI is InChI=1S/C26H30N2O2S/c1-5-9-25-26-23(16-17-27(25)18-19(3)6-2)22-10-7-8-11-24(22)28(26)31(29,30)21-14-12-20(4)13-15-21/h5,7-8,10-15,25H,1,3,6,9,16-18H2,2,4H3. The van der Waals surface area contributed by atoms with Crippen molar-refractivity contribution in [2.24, 2.45) is 0 Å². The lowest BCUT2D eigenvalue weighted by atomic mass is 9.94. The first-order valence-electron chi connectivity index (χ1n) is 10.8. The SMILES string of the molecule is C=CCC1c2c(c3ccccc3n2S(=O)(=O)c2ccc(C)cc2)CCN1CC(=C)CC. The molecule has 0 radical (unpaired) electrons. The summed E-state index contributed by atoms with van der Waals surface area (Å²) in [5.41, 5.74) is 4.94. The fraction of sp³-hybridized carbons (Fsp3) is 0.308. The maximum atomic E-state index is 13.9. The van der Waals surface area contributed by atoms with Gasteiger partial charge in [-0.2, -0.15) is 0 Å². The van der Waals surface area contributed by atoms with Gasteiger partial charge >= 0.3 is 0 Å². The highest BCUT2D eigenvalue weighted by molar-refractivity contribution is 7.90. The molecule has 0 saturated heterocycles. The van der Waals surface area contributed by atoms with E-state index in [-0.39, 0.29) is 6.04 Å². The Bertz CT molecular complexity index is 1240. The fourth-order valence-electron chi connectivity index (χ4n) is 4.56.